The molecule has 1 atom stereocenters. The fourth-order valence-electron chi connectivity index (χ4n) is 3.87. The van der Waals surface area contributed by atoms with Crippen molar-refractivity contribution in [3.05, 3.63) is 40.6 Å². The summed E-state index contributed by atoms with van der Waals surface area (Å²) in [6, 6.07) is 7.46. The lowest BCUT2D eigenvalue weighted by Gasteiger charge is -2.29. The molecule has 1 aromatic carbocycles. The molecule has 1 aromatic heterocycles. The Balaban J connectivity index is 1.59. The lowest BCUT2D eigenvalue weighted by Crippen LogP contribution is -2.41. The van der Waals surface area contributed by atoms with Gasteiger partial charge < -0.3 is 15.0 Å². The number of nitrogens with one attached hydrogen (secondary N) is 1. The van der Waals surface area contributed by atoms with Crippen LogP contribution in [0.15, 0.2) is 29.1 Å². The van der Waals surface area contributed by atoms with Crippen LogP contribution in [-0.2, 0) is 17.9 Å². The van der Waals surface area contributed by atoms with Crippen molar-refractivity contribution in [1.29, 1.82) is 0 Å². The maximum atomic E-state index is 12.9. The molecule has 1 amide bonds. The van der Waals surface area contributed by atoms with Gasteiger partial charge in [0.1, 0.15) is 24.7 Å². The van der Waals surface area contributed by atoms with Gasteiger partial charge in [-0.1, -0.05) is 12.1 Å². The highest BCUT2D eigenvalue weighted by molar-refractivity contribution is 5.95. The van der Waals surface area contributed by atoms with Crippen molar-refractivity contribution >= 4 is 11.6 Å². The number of hydrogen-bond acceptors (Lipinski definition) is 5. The average Bonchev–Trinajstić information content (AvgIpc) is 3.03. The molecule has 0 spiro atoms. The van der Waals surface area contributed by atoms with Crippen LogP contribution in [-0.4, -0.2) is 46.5 Å². The molecule has 144 valence electrons. The first-order valence-electron chi connectivity index (χ1n) is 9.59. The second kappa shape index (κ2) is 7.56. The molecule has 1 saturated heterocycles. The minimum absolute atomic E-state index is 0.0622. The SMILES string of the molecule is CCn1c(C2CCCNC2)nn(CC(=O)N2CCOc3ccccc32)c1=O. The average molecular weight is 371 g/mol. The van der Waals surface area contributed by atoms with E-state index in [9.17, 15) is 9.59 Å². The van der Waals surface area contributed by atoms with E-state index in [0.717, 1.165) is 37.4 Å². The third-order valence-corrected chi connectivity index (χ3v) is 5.24. The number of rotatable bonds is 4. The minimum Gasteiger partial charge on any atom is -0.490 e. The topological polar surface area (TPSA) is 81.4 Å². The van der Waals surface area contributed by atoms with Crippen molar-refractivity contribution in [2.45, 2.75) is 38.8 Å². The Hall–Kier alpha value is -2.61. The summed E-state index contributed by atoms with van der Waals surface area (Å²) in [7, 11) is 0. The van der Waals surface area contributed by atoms with Crippen molar-refractivity contribution in [3.63, 3.8) is 0 Å². The molecule has 1 fully saturated rings. The molecule has 2 aromatic rings. The fraction of sp³-hybridized carbons (Fsp3) is 0.526. The van der Waals surface area contributed by atoms with Gasteiger partial charge in [0.25, 0.3) is 0 Å². The Labute approximate surface area is 157 Å². The summed E-state index contributed by atoms with van der Waals surface area (Å²) in [5, 5.41) is 7.91. The number of carbonyl (C=O) groups is 1. The van der Waals surface area contributed by atoms with Gasteiger partial charge >= 0.3 is 5.69 Å². The van der Waals surface area contributed by atoms with Crippen molar-refractivity contribution in [3.8, 4) is 5.75 Å². The van der Waals surface area contributed by atoms with E-state index in [1.54, 1.807) is 9.47 Å². The number of piperidine rings is 1. The number of anilines is 1. The van der Waals surface area contributed by atoms with Gasteiger partial charge in [0.05, 0.1) is 12.2 Å². The lowest BCUT2D eigenvalue weighted by molar-refractivity contribution is -0.119. The molecule has 1 unspecified atom stereocenters. The van der Waals surface area contributed by atoms with Crippen LogP contribution in [0.4, 0.5) is 5.69 Å². The molecule has 0 saturated carbocycles. The van der Waals surface area contributed by atoms with E-state index in [2.05, 4.69) is 10.4 Å². The van der Waals surface area contributed by atoms with Gasteiger partial charge in [-0.3, -0.25) is 9.36 Å². The summed E-state index contributed by atoms with van der Waals surface area (Å²) in [5.41, 5.74) is 0.529. The van der Waals surface area contributed by atoms with E-state index in [4.69, 9.17) is 4.74 Å². The van der Waals surface area contributed by atoms with E-state index < -0.39 is 0 Å². The summed E-state index contributed by atoms with van der Waals surface area (Å²) in [6.07, 6.45) is 2.08. The molecule has 1 N–H and O–H groups in total. The predicted octanol–water partition coefficient (Wildman–Crippen LogP) is 0.957. The second-order valence-electron chi connectivity index (χ2n) is 6.95. The van der Waals surface area contributed by atoms with Gasteiger partial charge in [0.2, 0.25) is 5.91 Å². The van der Waals surface area contributed by atoms with Crippen molar-refractivity contribution in [1.82, 2.24) is 19.7 Å². The number of para-hydroxylation sites is 2. The fourth-order valence-corrected chi connectivity index (χ4v) is 3.87. The second-order valence-corrected chi connectivity index (χ2v) is 6.95. The van der Waals surface area contributed by atoms with Gasteiger partial charge in [-0.05, 0) is 38.4 Å². The molecule has 8 heteroatoms. The number of aromatic nitrogens is 3. The third-order valence-electron chi connectivity index (χ3n) is 5.24. The molecule has 3 heterocycles. The molecule has 2 aliphatic heterocycles. The largest absolute Gasteiger partial charge is 0.490 e. The molecule has 2 aliphatic rings. The zero-order valence-corrected chi connectivity index (χ0v) is 15.6. The molecule has 0 aliphatic carbocycles. The van der Waals surface area contributed by atoms with Crippen LogP contribution in [0.5, 0.6) is 5.75 Å². The van der Waals surface area contributed by atoms with E-state index in [1.807, 2.05) is 31.2 Å². The molecule has 8 nitrogen and oxygen atoms in total. The van der Waals surface area contributed by atoms with E-state index >= 15 is 0 Å². The first-order valence-corrected chi connectivity index (χ1v) is 9.59. The first kappa shape index (κ1) is 17.8. The van der Waals surface area contributed by atoms with E-state index in [0.29, 0.717) is 25.4 Å². The highest BCUT2D eigenvalue weighted by atomic mass is 16.5. The van der Waals surface area contributed by atoms with Crippen molar-refractivity contribution in [2.24, 2.45) is 0 Å². The Bertz CT molecular complexity index is 882. The van der Waals surface area contributed by atoms with Gasteiger partial charge in [0.15, 0.2) is 0 Å². The summed E-state index contributed by atoms with van der Waals surface area (Å²) in [4.78, 5) is 27.4. The lowest BCUT2D eigenvalue weighted by atomic mass is 9.99. The molecular weight excluding hydrogens is 346 g/mol. The van der Waals surface area contributed by atoms with Crippen molar-refractivity contribution in [2.75, 3.05) is 31.1 Å². The standard InChI is InChI=1S/C19H25N5O3/c1-2-22-18(14-6-5-9-20-12-14)21-24(19(22)26)13-17(25)23-10-11-27-16-8-4-3-7-15(16)23/h3-4,7-8,14,20H,2,5-6,9-13H2,1H3. The van der Waals surface area contributed by atoms with Gasteiger partial charge in [0, 0.05) is 19.0 Å². The Morgan fingerprint density at radius 1 is 1.37 bits per heavy atom. The molecule has 0 bridgehead atoms. The van der Waals surface area contributed by atoms with Gasteiger partial charge in [-0.25, -0.2) is 9.48 Å². The molecule has 4 rings (SSSR count). The minimum atomic E-state index is -0.215. The quantitative estimate of drug-likeness (QED) is 0.866. The zero-order chi connectivity index (χ0) is 18.8. The van der Waals surface area contributed by atoms with Crippen LogP contribution >= 0.6 is 0 Å². The summed E-state index contributed by atoms with van der Waals surface area (Å²) >= 11 is 0. The smallest absolute Gasteiger partial charge is 0.346 e. The molecule has 27 heavy (non-hydrogen) atoms. The number of fused-ring (bicyclic) bond motifs is 1. The number of nitrogens with zero attached hydrogens (tertiary/aromatic N) is 4. The predicted molar refractivity (Wildman–Crippen MR) is 101 cm³/mol. The highest BCUT2D eigenvalue weighted by Gasteiger charge is 2.27. The Morgan fingerprint density at radius 2 is 2.22 bits per heavy atom. The highest BCUT2D eigenvalue weighted by Crippen LogP contribution is 2.31. The third kappa shape index (κ3) is 3.37. The summed E-state index contributed by atoms with van der Waals surface area (Å²) in [5.74, 6) is 1.54. The number of amides is 1. The maximum absolute atomic E-state index is 12.9. The Kier molecular flexibility index (Phi) is 4.98. The normalized spacial score (nSPS) is 19.4. The number of carbonyl (C=O) groups excluding carboxylic acids is 1. The first-order chi connectivity index (χ1) is 13.2. The van der Waals surface area contributed by atoms with Crippen LogP contribution in [0.1, 0.15) is 31.5 Å². The van der Waals surface area contributed by atoms with Gasteiger partial charge in [-0.2, -0.15) is 5.10 Å². The van der Waals surface area contributed by atoms with Crippen LogP contribution in [0.25, 0.3) is 0 Å². The Morgan fingerprint density at radius 3 is 3.00 bits per heavy atom. The van der Waals surface area contributed by atoms with Crippen LogP contribution in [0.3, 0.4) is 0 Å². The van der Waals surface area contributed by atoms with Crippen LogP contribution in [0.2, 0.25) is 0 Å². The van der Waals surface area contributed by atoms with Crippen molar-refractivity contribution < 1.29 is 9.53 Å². The van der Waals surface area contributed by atoms with Gasteiger partial charge in [-0.15, -0.1) is 0 Å². The number of ether oxygens (including phenoxy) is 1. The number of benzene rings is 1. The molecular formula is C19H25N5O3. The maximum Gasteiger partial charge on any atom is 0.346 e. The molecule has 0 radical (unpaired) electrons. The number of hydrogen-bond donors (Lipinski definition) is 1. The van der Waals surface area contributed by atoms with Crippen LogP contribution in [0, 0.1) is 0 Å². The zero-order valence-electron chi connectivity index (χ0n) is 15.6. The van der Waals surface area contributed by atoms with E-state index in [1.165, 1.54) is 4.68 Å². The van der Waals surface area contributed by atoms with Crippen LogP contribution < -0.4 is 20.6 Å². The summed E-state index contributed by atoms with van der Waals surface area (Å²) < 4.78 is 8.61. The monoisotopic (exact) mass is 371 g/mol. The van der Waals surface area contributed by atoms with E-state index in [-0.39, 0.29) is 24.1 Å². The summed E-state index contributed by atoms with van der Waals surface area (Å²) in [6.45, 7) is 5.17.